The zero-order chi connectivity index (χ0) is 15.5. The Morgan fingerprint density at radius 1 is 1.10 bits per heavy atom. The molecule has 0 radical (unpaired) electrons. The van der Waals surface area contributed by atoms with Crippen LogP contribution in [0, 0.1) is 5.41 Å². The summed E-state index contributed by atoms with van der Waals surface area (Å²) in [6, 6.07) is 0. The summed E-state index contributed by atoms with van der Waals surface area (Å²) in [7, 11) is -3.14. The fourth-order valence-corrected chi connectivity index (χ4v) is 4.28. The molecular weight excluding hydrogens is 290 g/mol. The lowest BCUT2D eigenvalue weighted by atomic mass is 9.71. The van der Waals surface area contributed by atoms with Gasteiger partial charge in [0.2, 0.25) is 15.9 Å². The smallest absolute Gasteiger partial charge is 0.223 e. The zero-order valence-corrected chi connectivity index (χ0v) is 13.7. The van der Waals surface area contributed by atoms with Crippen LogP contribution >= 0.6 is 0 Å². The van der Waals surface area contributed by atoms with Crippen LogP contribution < -0.4 is 5.73 Å². The molecule has 0 atom stereocenters. The van der Waals surface area contributed by atoms with Gasteiger partial charge in [-0.25, -0.2) is 8.42 Å². The van der Waals surface area contributed by atoms with E-state index in [0.717, 1.165) is 25.7 Å². The number of carbonyl (C=O) groups excluding carboxylic acids is 1. The second kappa shape index (κ2) is 6.62. The maximum Gasteiger partial charge on any atom is 0.223 e. The number of nitrogens with two attached hydrogens (primary N) is 1. The third kappa shape index (κ3) is 4.17. The number of hydrogen-bond acceptors (Lipinski definition) is 4. The second-order valence-electron chi connectivity index (χ2n) is 6.48. The molecule has 1 amide bonds. The minimum Gasteiger partial charge on any atom is -0.340 e. The SMILES string of the molecule is CS(=O)(=O)N1CCN(C(=O)CC2(CN)CCCCC2)CC1. The highest BCUT2D eigenvalue weighted by atomic mass is 32.2. The summed E-state index contributed by atoms with van der Waals surface area (Å²) in [5.74, 6) is 0.135. The highest BCUT2D eigenvalue weighted by Gasteiger charge is 2.35. The number of amides is 1. The summed E-state index contributed by atoms with van der Waals surface area (Å²) >= 11 is 0. The van der Waals surface area contributed by atoms with E-state index in [1.165, 1.54) is 17.0 Å². The van der Waals surface area contributed by atoms with Crippen molar-refractivity contribution in [3.63, 3.8) is 0 Å². The lowest BCUT2D eigenvalue weighted by Crippen LogP contribution is -2.51. The van der Waals surface area contributed by atoms with Crippen LogP contribution in [0.4, 0.5) is 0 Å². The first-order valence-electron chi connectivity index (χ1n) is 7.79. The van der Waals surface area contributed by atoms with Crippen LogP contribution in [-0.2, 0) is 14.8 Å². The summed E-state index contributed by atoms with van der Waals surface area (Å²) < 4.78 is 24.4. The molecule has 1 saturated heterocycles. The maximum absolute atomic E-state index is 12.5. The molecule has 0 spiro atoms. The van der Waals surface area contributed by atoms with Crippen molar-refractivity contribution in [2.75, 3.05) is 39.0 Å². The molecule has 6 nitrogen and oxygen atoms in total. The van der Waals surface area contributed by atoms with Crippen LogP contribution in [0.1, 0.15) is 38.5 Å². The third-order valence-electron chi connectivity index (χ3n) is 4.93. The van der Waals surface area contributed by atoms with Crippen LogP contribution in [0.5, 0.6) is 0 Å². The molecule has 21 heavy (non-hydrogen) atoms. The molecule has 1 aliphatic heterocycles. The number of carbonyl (C=O) groups is 1. The Hall–Kier alpha value is -0.660. The Morgan fingerprint density at radius 3 is 2.14 bits per heavy atom. The van der Waals surface area contributed by atoms with Crippen LogP contribution in [-0.4, -0.2) is 62.5 Å². The van der Waals surface area contributed by atoms with Crippen molar-refractivity contribution in [1.29, 1.82) is 0 Å². The zero-order valence-electron chi connectivity index (χ0n) is 12.9. The minimum atomic E-state index is -3.14. The van der Waals surface area contributed by atoms with Gasteiger partial charge >= 0.3 is 0 Å². The summed E-state index contributed by atoms with van der Waals surface area (Å²) in [4.78, 5) is 14.3. The normalized spacial score (nSPS) is 24.0. The molecule has 1 saturated carbocycles. The fourth-order valence-electron chi connectivity index (χ4n) is 3.46. The van der Waals surface area contributed by atoms with Gasteiger partial charge in [-0.3, -0.25) is 4.79 Å². The van der Waals surface area contributed by atoms with E-state index in [2.05, 4.69) is 0 Å². The van der Waals surface area contributed by atoms with Gasteiger partial charge in [0.05, 0.1) is 6.26 Å². The van der Waals surface area contributed by atoms with Crippen LogP contribution in [0.25, 0.3) is 0 Å². The molecule has 1 heterocycles. The molecule has 7 heteroatoms. The van der Waals surface area contributed by atoms with Crippen LogP contribution in [0.15, 0.2) is 0 Å². The average molecular weight is 317 g/mol. The molecule has 0 aromatic heterocycles. The standard InChI is InChI=1S/C14H27N3O3S/c1-21(19,20)17-9-7-16(8-10-17)13(18)11-14(12-15)5-3-2-4-6-14/h2-12,15H2,1H3. The van der Waals surface area contributed by atoms with E-state index in [-0.39, 0.29) is 11.3 Å². The molecule has 0 aromatic rings. The van der Waals surface area contributed by atoms with Gasteiger partial charge in [-0.1, -0.05) is 19.3 Å². The molecule has 122 valence electrons. The first-order chi connectivity index (χ1) is 9.86. The first kappa shape index (κ1) is 16.7. The van der Waals surface area contributed by atoms with Gasteiger partial charge in [0.25, 0.3) is 0 Å². The molecule has 2 aliphatic rings. The van der Waals surface area contributed by atoms with Gasteiger partial charge in [-0.2, -0.15) is 4.31 Å². The summed E-state index contributed by atoms with van der Waals surface area (Å²) in [6.45, 7) is 2.36. The van der Waals surface area contributed by atoms with E-state index in [1.54, 1.807) is 4.90 Å². The Labute approximate surface area is 127 Å². The van der Waals surface area contributed by atoms with Crippen molar-refractivity contribution < 1.29 is 13.2 Å². The fraction of sp³-hybridized carbons (Fsp3) is 0.929. The molecule has 2 fully saturated rings. The van der Waals surface area contributed by atoms with Crippen LogP contribution in [0.2, 0.25) is 0 Å². The van der Waals surface area contributed by atoms with E-state index < -0.39 is 10.0 Å². The Bertz CT molecular complexity index is 464. The predicted octanol–water partition coefficient (Wildman–Crippen LogP) is 0.390. The Morgan fingerprint density at radius 2 is 1.67 bits per heavy atom. The summed E-state index contributed by atoms with van der Waals surface area (Å²) in [5, 5.41) is 0. The van der Waals surface area contributed by atoms with E-state index in [1.807, 2.05) is 0 Å². The van der Waals surface area contributed by atoms with Crippen molar-refractivity contribution in [2.24, 2.45) is 11.1 Å². The van der Waals surface area contributed by atoms with Crippen molar-refractivity contribution in [2.45, 2.75) is 38.5 Å². The number of sulfonamides is 1. The van der Waals surface area contributed by atoms with Crippen molar-refractivity contribution in [1.82, 2.24) is 9.21 Å². The summed E-state index contributed by atoms with van der Waals surface area (Å²) in [6.07, 6.45) is 7.37. The molecule has 2 N–H and O–H groups in total. The van der Waals surface area contributed by atoms with Crippen molar-refractivity contribution in [3.8, 4) is 0 Å². The summed E-state index contributed by atoms with van der Waals surface area (Å²) in [5.41, 5.74) is 5.91. The minimum absolute atomic E-state index is 0.0245. The van der Waals surface area contributed by atoms with Gasteiger partial charge in [-0.05, 0) is 24.8 Å². The van der Waals surface area contributed by atoms with E-state index in [0.29, 0.717) is 39.1 Å². The lowest BCUT2D eigenvalue weighted by Gasteiger charge is -2.39. The number of piperazine rings is 1. The highest BCUT2D eigenvalue weighted by Crippen LogP contribution is 2.38. The maximum atomic E-state index is 12.5. The van der Waals surface area contributed by atoms with Crippen molar-refractivity contribution in [3.05, 3.63) is 0 Å². The van der Waals surface area contributed by atoms with E-state index in [9.17, 15) is 13.2 Å². The van der Waals surface area contributed by atoms with Gasteiger partial charge in [-0.15, -0.1) is 0 Å². The van der Waals surface area contributed by atoms with Crippen molar-refractivity contribution >= 4 is 15.9 Å². The lowest BCUT2D eigenvalue weighted by molar-refractivity contribution is -0.135. The van der Waals surface area contributed by atoms with E-state index in [4.69, 9.17) is 5.73 Å². The first-order valence-corrected chi connectivity index (χ1v) is 9.64. The van der Waals surface area contributed by atoms with Gasteiger partial charge in [0, 0.05) is 32.6 Å². The Kier molecular flexibility index (Phi) is 5.27. The monoisotopic (exact) mass is 317 g/mol. The molecule has 0 aromatic carbocycles. The highest BCUT2D eigenvalue weighted by molar-refractivity contribution is 7.88. The molecule has 2 rings (SSSR count). The number of hydrogen-bond donors (Lipinski definition) is 1. The molecular formula is C14H27N3O3S. The predicted molar refractivity (Wildman–Crippen MR) is 82.2 cm³/mol. The van der Waals surface area contributed by atoms with Gasteiger partial charge in [0.15, 0.2) is 0 Å². The third-order valence-corrected chi connectivity index (χ3v) is 6.24. The number of rotatable bonds is 4. The molecule has 0 unspecified atom stereocenters. The topological polar surface area (TPSA) is 83.7 Å². The van der Waals surface area contributed by atoms with Gasteiger partial charge < -0.3 is 10.6 Å². The average Bonchev–Trinajstić information content (AvgIpc) is 2.47. The second-order valence-corrected chi connectivity index (χ2v) is 8.47. The quantitative estimate of drug-likeness (QED) is 0.813. The van der Waals surface area contributed by atoms with Gasteiger partial charge in [0.1, 0.15) is 0 Å². The number of nitrogens with zero attached hydrogens (tertiary/aromatic N) is 2. The largest absolute Gasteiger partial charge is 0.340 e. The van der Waals surface area contributed by atoms with Crippen LogP contribution in [0.3, 0.4) is 0 Å². The Balaban J connectivity index is 1.90. The molecule has 1 aliphatic carbocycles. The van der Waals surface area contributed by atoms with E-state index >= 15 is 0 Å². The molecule has 0 bridgehead atoms.